The predicted octanol–water partition coefficient (Wildman–Crippen LogP) is 4.60. The van der Waals surface area contributed by atoms with Crippen LogP contribution in [0.5, 0.6) is 5.75 Å². The van der Waals surface area contributed by atoms with Crippen LogP contribution in [0.25, 0.3) is 0 Å². The van der Waals surface area contributed by atoms with Gasteiger partial charge in [-0.2, -0.15) is 0 Å². The summed E-state index contributed by atoms with van der Waals surface area (Å²) in [7, 11) is 0. The van der Waals surface area contributed by atoms with Crippen LogP contribution < -0.4 is 4.74 Å². The highest BCUT2D eigenvalue weighted by Crippen LogP contribution is 2.21. The van der Waals surface area contributed by atoms with E-state index in [0.29, 0.717) is 35.7 Å². The second kappa shape index (κ2) is 11.0. The van der Waals surface area contributed by atoms with Gasteiger partial charge in [-0.1, -0.05) is 26.7 Å². The summed E-state index contributed by atoms with van der Waals surface area (Å²) in [5.41, 5.74) is 1.30. The van der Waals surface area contributed by atoms with Gasteiger partial charge in [0, 0.05) is 30.3 Å². The molecular weight excluding hydrogens is 420 g/mol. The van der Waals surface area contributed by atoms with Crippen molar-refractivity contribution in [1.82, 2.24) is 9.88 Å². The zero-order chi connectivity index (χ0) is 23.8. The standard InChI is InChI=1S/C26H30N2O5/c1-26(2,3)18-28(25(30)31)15-6-7-21-12-9-20(17-27-21)24(29)19-10-13-22(14-11-19)33-23-8-4-5-16-32-23/h9-14,17,23H,4-5,8,15-16,18H2,1-3H3,(H,30,31). The SMILES string of the molecule is CC(C)(C)CN(CC#Cc1ccc(C(=O)c2ccc(OC3CCCCO3)cc2)cn1)C(=O)O. The van der Waals surface area contributed by atoms with Gasteiger partial charge in [-0.3, -0.25) is 9.69 Å². The Morgan fingerprint density at radius 3 is 2.45 bits per heavy atom. The van der Waals surface area contributed by atoms with Crippen LogP contribution in [0.15, 0.2) is 42.6 Å². The van der Waals surface area contributed by atoms with E-state index in [2.05, 4.69) is 16.8 Å². The topological polar surface area (TPSA) is 89.0 Å². The first-order valence-corrected chi connectivity index (χ1v) is 11.1. The molecule has 1 saturated heterocycles. The summed E-state index contributed by atoms with van der Waals surface area (Å²) in [6, 6.07) is 10.3. The maximum Gasteiger partial charge on any atom is 0.408 e. The lowest BCUT2D eigenvalue weighted by Gasteiger charge is -2.26. The van der Waals surface area contributed by atoms with Gasteiger partial charge in [0.2, 0.25) is 0 Å². The van der Waals surface area contributed by atoms with Crippen molar-refractivity contribution in [3.63, 3.8) is 0 Å². The molecule has 0 aliphatic carbocycles. The zero-order valence-corrected chi connectivity index (χ0v) is 19.3. The van der Waals surface area contributed by atoms with E-state index in [0.717, 1.165) is 19.3 Å². The molecule has 1 unspecified atom stereocenters. The number of benzene rings is 1. The fourth-order valence-corrected chi connectivity index (χ4v) is 3.40. The molecule has 2 aromatic rings. The van der Waals surface area contributed by atoms with E-state index in [1.54, 1.807) is 36.4 Å². The second-order valence-electron chi connectivity index (χ2n) is 9.20. The van der Waals surface area contributed by atoms with Crippen molar-refractivity contribution in [3.05, 3.63) is 59.4 Å². The Bertz CT molecular complexity index is 1010. The van der Waals surface area contributed by atoms with Crippen molar-refractivity contribution in [2.45, 2.75) is 46.3 Å². The Morgan fingerprint density at radius 2 is 1.88 bits per heavy atom. The van der Waals surface area contributed by atoms with E-state index in [9.17, 15) is 14.7 Å². The van der Waals surface area contributed by atoms with Crippen molar-refractivity contribution in [1.29, 1.82) is 0 Å². The maximum absolute atomic E-state index is 12.8. The molecule has 1 aromatic heterocycles. The van der Waals surface area contributed by atoms with Crippen molar-refractivity contribution in [3.8, 4) is 17.6 Å². The fraction of sp³-hybridized carbons (Fsp3) is 0.423. The molecule has 1 aromatic carbocycles. The number of rotatable bonds is 6. The molecule has 7 heteroatoms. The van der Waals surface area contributed by atoms with Crippen LogP contribution in [0.3, 0.4) is 0 Å². The molecule has 1 aliphatic rings. The van der Waals surface area contributed by atoms with Crippen LogP contribution in [0, 0.1) is 17.3 Å². The number of hydrogen-bond acceptors (Lipinski definition) is 5. The van der Waals surface area contributed by atoms with E-state index >= 15 is 0 Å². The summed E-state index contributed by atoms with van der Waals surface area (Å²) in [6.45, 7) is 7.10. The molecule has 1 fully saturated rings. The number of hydrogen-bond donors (Lipinski definition) is 1. The average molecular weight is 451 g/mol. The largest absolute Gasteiger partial charge is 0.465 e. The van der Waals surface area contributed by atoms with Gasteiger partial charge in [-0.15, -0.1) is 0 Å². The number of aromatic nitrogens is 1. The molecule has 0 bridgehead atoms. The van der Waals surface area contributed by atoms with Crippen LogP contribution in [0.2, 0.25) is 0 Å². The number of carbonyl (C=O) groups is 2. The molecule has 174 valence electrons. The average Bonchev–Trinajstić information content (AvgIpc) is 2.79. The molecule has 0 saturated carbocycles. The van der Waals surface area contributed by atoms with E-state index in [-0.39, 0.29) is 24.0 Å². The smallest absolute Gasteiger partial charge is 0.408 e. The third-order valence-electron chi connectivity index (χ3n) is 4.97. The van der Waals surface area contributed by atoms with Crippen LogP contribution in [-0.4, -0.2) is 52.9 Å². The Labute approximate surface area is 194 Å². The number of amides is 1. The van der Waals surface area contributed by atoms with E-state index in [1.165, 1.54) is 11.1 Å². The molecule has 33 heavy (non-hydrogen) atoms. The number of carbonyl (C=O) groups excluding carboxylic acids is 1. The van der Waals surface area contributed by atoms with Gasteiger partial charge in [0.15, 0.2) is 12.1 Å². The molecule has 1 aliphatic heterocycles. The summed E-state index contributed by atoms with van der Waals surface area (Å²) in [4.78, 5) is 29.7. The number of carboxylic acid groups (broad SMARTS) is 1. The monoisotopic (exact) mass is 450 g/mol. The Morgan fingerprint density at radius 1 is 1.15 bits per heavy atom. The molecule has 7 nitrogen and oxygen atoms in total. The lowest BCUT2D eigenvalue weighted by molar-refractivity contribution is -0.105. The molecule has 1 N–H and O–H groups in total. The molecule has 3 rings (SSSR count). The number of nitrogens with zero attached hydrogens (tertiary/aromatic N) is 2. The Balaban J connectivity index is 1.59. The first kappa shape index (κ1) is 24.3. The predicted molar refractivity (Wildman–Crippen MR) is 124 cm³/mol. The third kappa shape index (κ3) is 7.62. The zero-order valence-electron chi connectivity index (χ0n) is 19.3. The lowest BCUT2D eigenvalue weighted by atomic mass is 9.96. The minimum atomic E-state index is -1.00. The van der Waals surface area contributed by atoms with Gasteiger partial charge in [-0.05, 0) is 60.6 Å². The highest BCUT2D eigenvalue weighted by atomic mass is 16.7. The number of ether oxygens (including phenoxy) is 2. The first-order chi connectivity index (χ1) is 15.7. The van der Waals surface area contributed by atoms with Gasteiger partial charge < -0.3 is 14.6 Å². The minimum Gasteiger partial charge on any atom is -0.465 e. The molecule has 1 amide bonds. The van der Waals surface area contributed by atoms with Crippen LogP contribution in [0.4, 0.5) is 4.79 Å². The van der Waals surface area contributed by atoms with Crippen LogP contribution in [-0.2, 0) is 4.74 Å². The van der Waals surface area contributed by atoms with Gasteiger partial charge in [0.05, 0.1) is 13.2 Å². The summed E-state index contributed by atoms with van der Waals surface area (Å²) in [5, 5.41) is 9.33. The van der Waals surface area contributed by atoms with Crippen LogP contribution in [0.1, 0.15) is 61.6 Å². The van der Waals surface area contributed by atoms with Crippen molar-refractivity contribution in [2.24, 2.45) is 5.41 Å². The lowest BCUT2D eigenvalue weighted by Crippen LogP contribution is -2.37. The summed E-state index contributed by atoms with van der Waals surface area (Å²) >= 11 is 0. The molecule has 1 atom stereocenters. The van der Waals surface area contributed by atoms with E-state index in [1.807, 2.05) is 20.8 Å². The molecular formula is C26H30N2O5. The first-order valence-electron chi connectivity index (χ1n) is 11.1. The number of pyridine rings is 1. The maximum atomic E-state index is 12.8. The van der Waals surface area contributed by atoms with E-state index < -0.39 is 6.09 Å². The van der Waals surface area contributed by atoms with Crippen LogP contribution >= 0.6 is 0 Å². The summed E-state index contributed by atoms with van der Waals surface area (Å²) < 4.78 is 11.4. The molecule has 0 spiro atoms. The second-order valence-corrected chi connectivity index (χ2v) is 9.20. The van der Waals surface area contributed by atoms with E-state index in [4.69, 9.17) is 9.47 Å². The summed E-state index contributed by atoms with van der Waals surface area (Å²) in [5.74, 6) is 6.23. The highest BCUT2D eigenvalue weighted by Gasteiger charge is 2.19. The Hall–Kier alpha value is -3.37. The van der Waals surface area contributed by atoms with Crippen molar-refractivity contribution in [2.75, 3.05) is 19.7 Å². The third-order valence-corrected chi connectivity index (χ3v) is 4.97. The quantitative estimate of drug-likeness (QED) is 0.511. The fourth-order valence-electron chi connectivity index (χ4n) is 3.40. The normalized spacial score (nSPS) is 15.8. The van der Waals surface area contributed by atoms with Gasteiger partial charge in [0.25, 0.3) is 0 Å². The molecule has 0 radical (unpaired) electrons. The highest BCUT2D eigenvalue weighted by molar-refractivity contribution is 6.08. The van der Waals surface area contributed by atoms with Gasteiger partial charge in [0.1, 0.15) is 11.4 Å². The Kier molecular flexibility index (Phi) is 8.07. The number of ketones is 1. The van der Waals surface area contributed by atoms with Crippen molar-refractivity contribution >= 4 is 11.9 Å². The van der Waals surface area contributed by atoms with Gasteiger partial charge in [-0.25, -0.2) is 9.78 Å². The van der Waals surface area contributed by atoms with Crippen molar-refractivity contribution < 1.29 is 24.2 Å². The molecule has 2 heterocycles. The minimum absolute atomic E-state index is 0.0925. The summed E-state index contributed by atoms with van der Waals surface area (Å²) in [6.07, 6.45) is 3.26. The van der Waals surface area contributed by atoms with Gasteiger partial charge >= 0.3 is 6.09 Å².